The maximum Gasteiger partial charge on any atom is 0.00647 e. The van der Waals surface area contributed by atoms with Gasteiger partial charge in [0.15, 0.2) is 0 Å². The molecule has 0 rings (SSSR count). The van der Waals surface area contributed by atoms with E-state index >= 15 is 0 Å². The number of hydrogen-bond donors (Lipinski definition) is 1. The molecule has 0 aliphatic rings. The highest BCUT2D eigenvalue weighted by Crippen LogP contribution is 2.06. The van der Waals surface area contributed by atoms with Gasteiger partial charge in [-0.25, -0.2) is 0 Å². The van der Waals surface area contributed by atoms with Gasteiger partial charge in [-0.15, -0.1) is 0 Å². The van der Waals surface area contributed by atoms with Gasteiger partial charge in [0.25, 0.3) is 0 Å². The van der Waals surface area contributed by atoms with Crippen molar-refractivity contribution >= 4 is 0 Å². The number of nitrogens with one attached hydrogen (secondary N) is 1. The summed E-state index contributed by atoms with van der Waals surface area (Å²) in [6.07, 6.45) is 5.16. The zero-order chi connectivity index (χ0) is 12.4. The zero-order valence-corrected chi connectivity index (χ0v) is 12.1. The maximum absolute atomic E-state index is 3.55. The fraction of sp³-hybridized carbons (Fsp3) is 1.00. The van der Waals surface area contributed by atoms with E-state index in [-0.39, 0.29) is 0 Å². The van der Waals surface area contributed by atoms with Gasteiger partial charge in [0.2, 0.25) is 0 Å². The normalized spacial score (nSPS) is 13.7. The van der Waals surface area contributed by atoms with Crippen molar-refractivity contribution in [3.05, 3.63) is 0 Å². The van der Waals surface area contributed by atoms with Crippen LogP contribution in [-0.2, 0) is 0 Å². The van der Waals surface area contributed by atoms with Gasteiger partial charge in [0.05, 0.1) is 0 Å². The van der Waals surface area contributed by atoms with Crippen LogP contribution in [0.5, 0.6) is 0 Å². The summed E-state index contributed by atoms with van der Waals surface area (Å²) in [6.45, 7) is 14.9. The molecular formula is C14H32N2. The summed E-state index contributed by atoms with van der Waals surface area (Å²) in [6, 6.07) is 1.42. The lowest BCUT2D eigenvalue weighted by atomic mass is 10.1. The highest BCUT2D eigenvalue weighted by atomic mass is 15.1. The van der Waals surface area contributed by atoms with Gasteiger partial charge in [-0.2, -0.15) is 0 Å². The number of hydrogen-bond acceptors (Lipinski definition) is 2. The van der Waals surface area contributed by atoms with Crippen molar-refractivity contribution in [2.45, 2.75) is 72.4 Å². The fourth-order valence-corrected chi connectivity index (χ4v) is 2.20. The lowest BCUT2D eigenvalue weighted by Crippen LogP contribution is -2.34. The van der Waals surface area contributed by atoms with Crippen molar-refractivity contribution in [1.82, 2.24) is 10.2 Å². The third-order valence-electron chi connectivity index (χ3n) is 3.22. The van der Waals surface area contributed by atoms with Crippen molar-refractivity contribution in [1.29, 1.82) is 0 Å². The minimum Gasteiger partial charge on any atom is -0.314 e. The molecule has 1 atom stereocenters. The van der Waals surface area contributed by atoms with Crippen LogP contribution in [0.4, 0.5) is 0 Å². The molecule has 0 aliphatic heterocycles. The Morgan fingerprint density at radius 2 is 1.75 bits per heavy atom. The highest BCUT2D eigenvalue weighted by Gasteiger charge is 2.09. The second-order valence-corrected chi connectivity index (χ2v) is 4.93. The molecule has 98 valence electrons. The van der Waals surface area contributed by atoms with E-state index in [9.17, 15) is 0 Å². The molecule has 2 heteroatoms. The summed E-state index contributed by atoms with van der Waals surface area (Å²) in [5.74, 6) is 0. The van der Waals surface area contributed by atoms with E-state index in [1.54, 1.807) is 0 Å². The van der Waals surface area contributed by atoms with Crippen molar-refractivity contribution in [2.24, 2.45) is 0 Å². The molecule has 0 aromatic heterocycles. The quantitative estimate of drug-likeness (QED) is 0.617. The van der Waals surface area contributed by atoms with Crippen LogP contribution in [0.2, 0.25) is 0 Å². The van der Waals surface area contributed by atoms with Crippen LogP contribution in [-0.4, -0.2) is 36.6 Å². The monoisotopic (exact) mass is 228 g/mol. The predicted octanol–water partition coefficient (Wildman–Crippen LogP) is 3.28. The standard InChI is InChI=1S/C14H32N2/c1-6-11-16(13(4)5)12-9-10-14(7-2)15-8-3/h13-15H,6-12H2,1-5H3. The zero-order valence-electron chi connectivity index (χ0n) is 12.1. The highest BCUT2D eigenvalue weighted by molar-refractivity contribution is 4.67. The lowest BCUT2D eigenvalue weighted by Gasteiger charge is -2.26. The van der Waals surface area contributed by atoms with Gasteiger partial charge in [-0.3, -0.25) is 0 Å². The second-order valence-electron chi connectivity index (χ2n) is 4.93. The van der Waals surface area contributed by atoms with E-state index in [2.05, 4.69) is 44.8 Å². The van der Waals surface area contributed by atoms with Crippen LogP contribution in [0.25, 0.3) is 0 Å². The molecule has 2 nitrogen and oxygen atoms in total. The molecule has 0 saturated heterocycles. The molecule has 0 aliphatic carbocycles. The van der Waals surface area contributed by atoms with Crippen LogP contribution in [0.15, 0.2) is 0 Å². The summed E-state index contributed by atoms with van der Waals surface area (Å²) < 4.78 is 0. The van der Waals surface area contributed by atoms with Crippen LogP contribution in [0.1, 0.15) is 60.3 Å². The van der Waals surface area contributed by atoms with Crippen molar-refractivity contribution in [3.63, 3.8) is 0 Å². The van der Waals surface area contributed by atoms with Crippen LogP contribution in [0.3, 0.4) is 0 Å². The van der Waals surface area contributed by atoms with E-state index in [0.29, 0.717) is 6.04 Å². The van der Waals surface area contributed by atoms with Gasteiger partial charge >= 0.3 is 0 Å². The first-order chi connectivity index (χ1) is 7.65. The summed E-state index contributed by atoms with van der Waals surface area (Å²) in [5, 5.41) is 3.55. The van der Waals surface area contributed by atoms with Crippen molar-refractivity contribution < 1.29 is 0 Å². The minimum absolute atomic E-state index is 0.694. The van der Waals surface area contributed by atoms with E-state index in [1.807, 2.05) is 0 Å². The molecule has 0 saturated carbocycles. The first kappa shape index (κ1) is 15.9. The average Bonchev–Trinajstić information content (AvgIpc) is 2.26. The SMILES string of the molecule is CCCN(CCCC(CC)NCC)C(C)C. The fourth-order valence-electron chi connectivity index (χ4n) is 2.20. The average molecular weight is 228 g/mol. The largest absolute Gasteiger partial charge is 0.314 e. The Bertz CT molecular complexity index is 146. The molecule has 16 heavy (non-hydrogen) atoms. The van der Waals surface area contributed by atoms with Crippen molar-refractivity contribution in [3.8, 4) is 0 Å². The molecule has 0 spiro atoms. The Labute approximate surface area is 103 Å². The smallest absolute Gasteiger partial charge is 0.00647 e. The molecule has 0 aromatic carbocycles. The van der Waals surface area contributed by atoms with Gasteiger partial charge < -0.3 is 10.2 Å². The molecule has 0 radical (unpaired) electrons. The summed E-state index contributed by atoms with van der Waals surface area (Å²) in [7, 11) is 0. The lowest BCUT2D eigenvalue weighted by molar-refractivity contribution is 0.214. The van der Waals surface area contributed by atoms with E-state index in [0.717, 1.165) is 12.6 Å². The molecule has 1 unspecified atom stereocenters. The Balaban J connectivity index is 3.74. The molecule has 0 aromatic rings. The van der Waals surface area contributed by atoms with E-state index in [4.69, 9.17) is 0 Å². The number of rotatable bonds is 10. The predicted molar refractivity (Wildman–Crippen MR) is 74.0 cm³/mol. The number of nitrogens with zero attached hydrogens (tertiary/aromatic N) is 1. The summed E-state index contributed by atoms with van der Waals surface area (Å²) in [4.78, 5) is 2.60. The second kappa shape index (κ2) is 10.1. The third kappa shape index (κ3) is 7.24. The molecule has 0 heterocycles. The van der Waals surface area contributed by atoms with Crippen LogP contribution >= 0.6 is 0 Å². The van der Waals surface area contributed by atoms with Crippen molar-refractivity contribution in [2.75, 3.05) is 19.6 Å². The Hall–Kier alpha value is -0.0800. The topological polar surface area (TPSA) is 15.3 Å². The Kier molecular flexibility index (Phi) is 10.0. The van der Waals surface area contributed by atoms with Crippen LogP contribution in [0, 0.1) is 0 Å². The Morgan fingerprint density at radius 3 is 2.19 bits per heavy atom. The first-order valence-electron chi connectivity index (χ1n) is 7.13. The van der Waals surface area contributed by atoms with Gasteiger partial charge in [-0.05, 0) is 59.2 Å². The third-order valence-corrected chi connectivity index (χ3v) is 3.22. The van der Waals surface area contributed by atoms with Gasteiger partial charge in [-0.1, -0.05) is 20.8 Å². The molecule has 0 bridgehead atoms. The molecular weight excluding hydrogens is 196 g/mol. The Morgan fingerprint density at radius 1 is 1.06 bits per heavy atom. The molecule has 0 amide bonds. The first-order valence-corrected chi connectivity index (χ1v) is 7.13. The van der Waals surface area contributed by atoms with Crippen LogP contribution < -0.4 is 5.32 Å². The molecule has 0 fully saturated rings. The van der Waals surface area contributed by atoms with E-state index in [1.165, 1.54) is 38.8 Å². The maximum atomic E-state index is 3.55. The molecule has 1 N–H and O–H groups in total. The summed E-state index contributed by atoms with van der Waals surface area (Å²) in [5.41, 5.74) is 0. The van der Waals surface area contributed by atoms with E-state index < -0.39 is 0 Å². The van der Waals surface area contributed by atoms with Gasteiger partial charge in [0.1, 0.15) is 0 Å². The minimum atomic E-state index is 0.694. The summed E-state index contributed by atoms with van der Waals surface area (Å²) >= 11 is 0. The van der Waals surface area contributed by atoms with Gasteiger partial charge in [0, 0.05) is 12.1 Å².